The van der Waals surface area contributed by atoms with Gasteiger partial charge in [0.05, 0.1) is 22.6 Å². The average Bonchev–Trinajstić information content (AvgIpc) is 3.43. The van der Waals surface area contributed by atoms with Gasteiger partial charge < -0.3 is 10.1 Å². The Morgan fingerprint density at radius 3 is 2.62 bits per heavy atom. The van der Waals surface area contributed by atoms with Crippen LogP contribution in [0.1, 0.15) is 60.5 Å². The number of benzene rings is 1. The fraction of sp³-hybridized carbons (Fsp3) is 0.458. The van der Waals surface area contributed by atoms with Gasteiger partial charge in [0.2, 0.25) is 5.13 Å². The molecule has 2 aliphatic carbocycles. The molecule has 1 unspecified atom stereocenters. The number of sulfonamides is 1. The number of aromatic nitrogens is 2. The molecule has 1 saturated carbocycles. The average molecular weight is 557 g/mol. The van der Waals surface area contributed by atoms with Crippen molar-refractivity contribution in [2.45, 2.75) is 51.7 Å². The van der Waals surface area contributed by atoms with Crippen molar-refractivity contribution in [2.24, 2.45) is 11.8 Å². The molecule has 2 N–H and O–H groups in total. The number of ether oxygens (including phenoxy) is 1. The highest BCUT2D eigenvalue weighted by Gasteiger charge is 2.43. The first kappa shape index (κ1) is 27.1. The second-order valence-corrected chi connectivity index (χ2v) is 11.9. The van der Waals surface area contributed by atoms with E-state index in [1.807, 2.05) is 19.9 Å². The van der Waals surface area contributed by atoms with Crippen LogP contribution in [0.2, 0.25) is 0 Å². The number of rotatable bonds is 9. The summed E-state index contributed by atoms with van der Waals surface area (Å²) in [6.07, 6.45) is 1.61. The number of allylic oxidation sites excluding steroid dienone is 3. The number of anilines is 1. The second kappa shape index (κ2) is 10.4. The van der Waals surface area contributed by atoms with E-state index in [9.17, 15) is 26.4 Å². The number of nitrogens with zero attached hydrogens (tertiary/aromatic N) is 2. The standard InChI is InChI=1S/C24H27F3N4O4S2/c1-4-35-20-11-15(24(25,26)27)7-10-17(20)21(32)28-19-12-18(19)14-5-8-16(9-6-14)37(33,34)31-23-30-29-22(36-23)13(2)3/h5,7-11,13-14,18-19H,4,6,12H2,1-3H3,(H,28,32)(H,30,31)/t14?,18-,19+/m0/s1. The van der Waals surface area contributed by atoms with E-state index in [2.05, 4.69) is 20.2 Å². The zero-order valence-electron chi connectivity index (χ0n) is 20.4. The van der Waals surface area contributed by atoms with Crippen molar-refractivity contribution in [1.82, 2.24) is 15.5 Å². The molecule has 13 heteroatoms. The number of amides is 1. The normalized spacial score (nSPS) is 21.5. The summed E-state index contributed by atoms with van der Waals surface area (Å²) in [6, 6.07) is 2.65. The molecule has 8 nitrogen and oxygen atoms in total. The molecule has 1 aromatic heterocycles. The van der Waals surface area contributed by atoms with Crippen LogP contribution >= 0.6 is 11.3 Å². The van der Waals surface area contributed by atoms with Crippen molar-refractivity contribution >= 4 is 32.4 Å². The van der Waals surface area contributed by atoms with Crippen molar-refractivity contribution in [3.05, 3.63) is 57.5 Å². The molecular formula is C24H27F3N4O4S2. The molecule has 200 valence electrons. The minimum Gasteiger partial charge on any atom is -0.493 e. The maximum absolute atomic E-state index is 13.0. The Morgan fingerprint density at radius 1 is 1.27 bits per heavy atom. The maximum atomic E-state index is 13.0. The van der Waals surface area contributed by atoms with Crippen molar-refractivity contribution in [3.8, 4) is 5.75 Å². The summed E-state index contributed by atoms with van der Waals surface area (Å²) in [5.41, 5.74) is -0.848. The zero-order valence-corrected chi connectivity index (χ0v) is 22.0. The van der Waals surface area contributed by atoms with Crippen LogP contribution in [0.3, 0.4) is 0 Å². The summed E-state index contributed by atoms with van der Waals surface area (Å²) in [6.45, 7) is 5.63. The predicted molar refractivity (Wildman–Crippen MR) is 134 cm³/mol. The number of carbonyl (C=O) groups is 1. The van der Waals surface area contributed by atoms with Crippen molar-refractivity contribution in [2.75, 3.05) is 11.3 Å². The summed E-state index contributed by atoms with van der Waals surface area (Å²) in [5.74, 6) is -0.369. The van der Waals surface area contributed by atoms with Crippen LogP contribution in [0.4, 0.5) is 18.3 Å². The maximum Gasteiger partial charge on any atom is 0.416 e. The van der Waals surface area contributed by atoms with Gasteiger partial charge in [0.25, 0.3) is 15.9 Å². The van der Waals surface area contributed by atoms with Crippen LogP contribution in [0.15, 0.2) is 41.3 Å². The lowest BCUT2D eigenvalue weighted by Crippen LogP contribution is -2.28. The third kappa shape index (κ3) is 6.32. The number of hydrogen-bond donors (Lipinski definition) is 2. The van der Waals surface area contributed by atoms with Crippen LogP contribution in [-0.4, -0.2) is 37.2 Å². The Labute approximate surface area is 217 Å². The Morgan fingerprint density at radius 2 is 2.03 bits per heavy atom. The van der Waals surface area contributed by atoms with Gasteiger partial charge in [-0.2, -0.15) is 13.2 Å². The first-order chi connectivity index (χ1) is 17.4. The van der Waals surface area contributed by atoms with Crippen molar-refractivity contribution in [3.63, 3.8) is 0 Å². The van der Waals surface area contributed by atoms with Gasteiger partial charge in [-0.15, -0.1) is 10.2 Å². The first-order valence-electron chi connectivity index (χ1n) is 11.8. The van der Waals surface area contributed by atoms with Gasteiger partial charge >= 0.3 is 6.18 Å². The zero-order chi connectivity index (χ0) is 27.0. The highest BCUT2D eigenvalue weighted by Crippen LogP contribution is 2.42. The minimum atomic E-state index is -4.54. The Bertz CT molecular complexity index is 1340. The number of halogens is 3. The summed E-state index contributed by atoms with van der Waals surface area (Å²) >= 11 is 1.19. The SMILES string of the molecule is CCOc1cc(C(F)(F)F)ccc1C(=O)N[C@@H]1C[C@H]1C1C=CC(S(=O)(=O)Nc2nnc(C(C)C)s2)=CC1. The second-order valence-electron chi connectivity index (χ2n) is 9.19. The van der Waals surface area contributed by atoms with Crippen LogP contribution in [0.5, 0.6) is 5.75 Å². The largest absolute Gasteiger partial charge is 0.493 e. The Hall–Kier alpha value is -2.93. The van der Waals surface area contributed by atoms with Gasteiger partial charge in [0.15, 0.2) is 0 Å². The lowest BCUT2D eigenvalue weighted by atomic mass is 9.95. The fourth-order valence-electron chi connectivity index (χ4n) is 4.08. The van der Waals surface area contributed by atoms with E-state index < -0.39 is 27.7 Å². The van der Waals surface area contributed by atoms with Gasteiger partial charge in [-0.05, 0) is 55.9 Å². The topological polar surface area (TPSA) is 110 Å². The quantitative estimate of drug-likeness (QED) is 0.445. The molecule has 2 aromatic rings. The summed E-state index contributed by atoms with van der Waals surface area (Å²) in [5, 5.41) is 11.7. The van der Waals surface area contributed by atoms with Gasteiger partial charge in [-0.1, -0.05) is 37.3 Å². The third-order valence-electron chi connectivity index (χ3n) is 6.13. The van der Waals surface area contributed by atoms with Gasteiger partial charge in [0, 0.05) is 12.0 Å². The van der Waals surface area contributed by atoms with E-state index in [1.165, 1.54) is 11.3 Å². The molecule has 0 spiro atoms. The molecule has 0 aliphatic heterocycles. The first-order valence-corrected chi connectivity index (χ1v) is 14.1. The monoisotopic (exact) mass is 556 g/mol. The van der Waals surface area contributed by atoms with Crippen molar-refractivity contribution in [1.29, 1.82) is 0 Å². The lowest BCUT2D eigenvalue weighted by Gasteiger charge is -2.17. The van der Waals surface area contributed by atoms with E-state index in [0.717, 1.165) is 23.2 Å². The van der Waals surface area contributed by atoms with E-state index >= 15 is 0 Å². The van der Waals surface area contributed by atoms with Gasteiger partial charge in [-0.25, -0.2) is 8.42 Å². The van der Waals surface area contributed by atoms with E-state index in [-0.39, 0.29) is 51.8 Å². The van der Waals surface area contributed by atoms with Crippen LogP contribution in [0, 0.1) is 11.8 Å². The number of carbonyl (C=O) groups excluding carboxylic acids is 1. The summed E-state index contributed by atoms with van der Waals surface area (Å²) in [7, 11) is -3.80. The van der Waals surface area contributed by atoms with Crippen molar-refractivity contribution < 1.29 is 31.1 Å². The van der Waals surface area contributed by atoms with E-state index in [1.54, 1.807) is 19.1 Å². The Balaban J connectivity index is 1.35. The molecule has 2 aliphatic rings. The molecule has 0 bridgehead atoms. The highest BCUT2D eigenvalue weighted by molar-refractivity contribution is 7.96. The molecular weight excluding hydrogens is 529 g/mol. The molecule has 37 heavy (non-hydrogen) atoms. The minimum absolute atomic E-state index is 0.0253. The molecule has 1 aromatic carbocycles. The molecule has 0 radical (unpaired) electrons. The van der Waals surface area contributed by atoms with E-state index in [0.29, 0.717) is 12.8 Å². The molecule has 1 heterocycles. The van der Waals surface area contributed by atoms with Crippen LogP contribution < -0.4 is 14.8 Å². The molecule has 3 atom stereocenters. The molecule has 4 rings (SSSR count). The summed E-state index contributed by atoms with van der Waals surface area (Å²) < 4.78 is 72.4. The van der Waals surface area contributed by atoms with Gasteiger partial charge in [0.1, 0.15) is 10.8 Å². The van der Waals surface area contributed by atoms with E-state index in [4.69, 9.17) is 4.74 Å². The third-order valence-corrected chi connectivity index (χ3v) is 8.78. The smallest absolute Gasteiger partial charge is 0.416 e. The molecule has 0 saturated heterocycles. The number of hydrogen-bond acceptors (Lipinski definition) is 7. The number of alkyl halides is 3. The Kier molecular flexibility index (Phi) is 7.65. The molecule has 1 fully saturated rings. The summed E-state index contributed by atoms with van der Waals surface area (Å²) in [4.78, 5) is 12.9. The van der Waals surface area contributed by atoms with Crippen LogP contribution in [-0.2, 0) is 16.2 Å². The number of nitrogens with one attached hydrogen (secondary N) is 2. The lowest BCUT2D eigenvalue weighted by molar-refractivity contribution is -0.137. The predicted octanol–water partition coefficient (Wildman–Crippen LogP) is 5.10. The van der Waals surface area contributed by atoms with Gasteiger partial charge in [-0.3, -0.25) is 9.52 Å². The fourth-order valence-corrected chi connectivity index (χ4v) is 6.13. The van der Waals surface area contributed by atoms with Crippen LogP contribution in [0.25, 0.3) is 0 Å². The highest BCUT2D eigenvalue weighted by atomic mass is 32.2. The molecule has 1 amide bonds.